The molecule has 1 N–H and O–H groups in total. The highest BCUT2D eigenvalue weighted by atomic mass is 32.2. The van der Waals surface area contributed by atoms with E-state index in [1.54, 1.807) is 6.07 Å². The van der Waals surface area contributed by atoms with Gasteiger partial charge in [0.1, 0.15) is 18.4 Å². The summed E-state index contributed by atoms with van der Waals surface area (Å²) >= 11 is 0. The van der Waals surface area contributed by atoms with Crippen molar-refractivity contribution in [2.75, 3.05) is 13.2 Å². The second-order valence-electron chi connectivity index (χ2n) is 5.71. The van der Waals surface area contributed by atoms with Crippen LogP contribution in [0.4, 0.5) is 5.69 Å². The Bertz CT molecular complexity index is 943. The number of ether oxygens (including phenoxy) is 2. The predicted octanol–water partition coefficient (Wildman–Crippen LogP) is 2.58. The fourth-order valence-electron chi connectivity index (χ4n) is 2.32. The van der Waals surface area contributed by atoms with E-state index >= 15 is 0 Å². The SMILES string of the molecule is CCOc1ccc(S(=O)(=O)NCC(=O)O[C@H](C)c2cccc([N+](=O)[O-])c2)cc1. The summed E-state index contributed by atoms with van der Waals surface area (Å²) in [6.45, 7) is 3.23. The van der Waals surface area contributed by atoms with Crippen LogP contribution in [0.3, 0.4) is 0 Å². The summed E-state index contributed by atoms with van der Waals surface area (Å²) < 4.78 is 37.0. The van der Waals surface area contributed by atoms with E-state index in [1.165, 1.54) is 49.4 Å². The summed E-state index contributed by atoms with van der Waals surface area (Å²) in [5.74, 6) is -0.278. The Hall–Kier alpha value is -2.98. The summed E-state index contributed by atoms with van der Waals surface area (Å²) in [6, 6.07) is 11.4. The van der Waals surface area contributed by atoms with Crippen molar-refractivity contribution in [3.05, 3.63) is 64.2 Å². The highest BCUT2D eigenvalue weighted by molar-refractivity contribution is 7.89. The van der Waals surface area contributed by atoms with Gasteiger partial charge in [0, 0.05) is 12.1 Å². The van der Waals surface area contributed by atoms with Gasteiger partial charge in [0.25, 0.3) is 5.69 Å². The molecule has 0 heterocycles. The Kier molecular flexibility index (Phi) is 7.07. The zero-order valence-electron chi connectivity index (χ0n) is 15.3. The number of carbonyl (C=O) groups excluding carboxylic acids is 1. The zero-order chi connectivity index (χ0) is 20.7. The molecule has 150 valence electrons. The Morgan fingerprint density at radius 1 is 1.21 bits per heavy atom. The topological polar surface area (TPSA) is 125 Å². The van der Waals surface area contributed by atoms with Crippen LogP contribution in [0.5, 0.6) is 5.75 Å². The van der Waals surface area contributed by atoms with Crippen molar-refractivity contribution >= 4 is 21.7 Å². The monoisotopic (exact) mass is 408 g/mol. The molecule has 0 aromatic heterocycles. The maximum Gasteiger partial charge on any atom is 0.321 e. The summed E-state index contributed by atoms with van der Waals surface area (Å²) in [5, 5.41) is 10.8. The van der Waals surface area contributed by atoms with Crippen molar-refractivity contribution in [1.29, 1.82) is 0 Å². The standard InChI is InChI=1S/C18H20N2O7S/c1-3-26-16-7-9-17(10-8-16)28(24,25)19-12-18(21)27-13(2)14-5-4-6-15(11-14)20(22)23/h4-11,13,19H,3,12H2,1-2H3/t13-/m1/s1. The van der Waals surface area contributed by atoms with E-state index < -0.39 is 33.6 Å². The molecule has 10 heteroatoms. The van der Waals surface area contributed by atoms with E-state index in [2.05, 4.69) is 4.72 Å². The van der Waals surface area contributed by atoms with Gasteiger partial charge in [-0.15, -0.1) is 0 Å². The first-order chi connectivity index (χ1) is 13.2. The van der Waals surface area contributed by atoms with Gasteiger partial charge in [0.2, 0.25) is 10.0 Å². The van der Waals surface area contributed by atoms with E-state index in [1.807, 2.05) is 6.92 Å². The molecule has 0 unspecified atom stereocenters. The lowest BCUT2D eigenvalue weighted by Crippen LogP contribution is -2.31. The second-order valence-corrected chi connectivity index (χ2v) is 7.48. The summed E-state index contributed by atoms with van der Waals surface area (Å²) in [7, 11) is -3.90. The fourth-order valence-corrected chi connectivity index (χ4v) is 3.29. The van der Waals surface area contributed by atoms with E-state index in [0.717, 1.165) is 0 Å². The lowest BCUT2D eigenvalue weighted by Gasteiger charge is -2.14. The summed E-state index contributed by atoms with van der Waals surface area (Å²) in [6.07, 6.45) is -0.776. The summed E-state index contributed by atoms with van der Waals surface area (Å²) in [5.41, 5.74) is 0.300. The van der Waals surface area contributed by atoms with Crippen molar-refractivity contribution in [2.24, 2.45) is 0 Å². The third-order valence-corrected chi connectivity index (χ3v) is 5.13. The maximum absolute atomic E-state index is 12.2. The Morgan fingerprint density at radius 2 is 1.89 bits per heavy atom. The molecule has 0 saturated carbocycles. The van der Waals surface area contributed by atoms with Gasteiger partial charge in [-0.2, -0.15) is 4.72 Å². The van der Waals surface area contributed by atoms with E-state index in [9.17, 15) is 23.3 Å². The number of nitrogens with one attached hydrogen (secondary N) is 1. The molecule has 2 aromatic rings. The average molecular weight is 408 g/mol. The molecule has 0 amide bonds. The number of non-ortho nitro benzene ring substituents is 1. The van der Waals surface area contributed by atoms with Gasteiger partial charge >= 0.3 is 5.97 Å². The van der Waals surface area contributed by atoms with E-state index in [0.29, 0.717) is 17.9 Å². The second kappa shape index (κ2) is 9.29. The van der Waals surface area contributed by atoms with Crippen molar-refractivity contribution in [3.8, 4) is 5.75 Å². The molecule has 2 aromatic carbocycles. The average Bonchev–Trinajstić information content (AvgIpc) is 2.67. The van der Waals surface area contributed by atoms with Gasteiger partial charge in [0.05, 0.1) is 16.4 Å². The van der Waals surface area contributed by atoms with Crippen LogP contribution in [0.1, 0.15) is 25.5 Å². The first-order valence-corrected chi connectivity index (χ1v) is 9.87. The molecule has 9 nitrogen and oxygen atoms in total. The number of carbonyl (C=O) groups is 1. The maximum atomic E-state index is 12.2. The Labute approximate surface area is 162 Å². The molecule has 1 atom stereocenters. The third kappa shape index (κ3) is 5.76. The normalized spacial score (nSPS) is 12.2. The molecule has 0 fully saturated rings. The molecule has 0 bridgehead atoms. The molecule has 0 spiro atoms. The first-order valence-electron chi connectivity index (χ1n) is 8.39. The van der Waals surface area contributed by atoms with Gasteiger partial charge in [-0.25, -0.2) is 8.42 Å². The lowest BCUT2D eigenvalue weighted by atomic mass is 10.1. The van der Waals surface area contributed by atoms with Gasteiger partial charge in [0.15, 0.2) is 0 Å². The van der Waals surface area contributed by atoms with Crippen LogP contribution in [-0.2, 0) is 19.6 Å². The third-order valence-electron chi connectivity index (χ3n) is 3.71. The Balaban J connectivity index is 1.95. The molecular weight excluding hydrogens is 388 g/mol. The predicted molar refractivity (Wildman–Crippen MR) is 100 cm³/mol. The minimum Gasteiger partial charge on any atom is -0.494 e. The number of nitrogens with zero attached hydrogens (tertiary/aromatic N) is 1. The number of nitro groups is 1. The molecular formula is C18H20N2O7S. The first kappa shape index (κ1) is 21.3. The highest BCUT2D eigenvalue weighted by Crippen LogP contribution is 2.22. The van der Waals surface area contributed by atoms with Crippen molar-refractivity contribution in [2.45, 2.75) is 24.8 Å². The Morgan fingerprint density at radius 3 is 2.50 bits per heavy atom. The number of rotatable bonds is 9. The van der Waals surface area contributed by atoms with Crippen LogP contribution >= 0.6 is 0 Å². The number of hydrogen-bond acceptors (Lipinski definition) is 7. The van der Waals surface area contributed by atoms with Crippen molar-refractivity contribution in [1.82, 2.24) is 4.72 Å². The summed E-state index contributed by atoms with van der Waals surface area (Å²) in [4.78, 5) is 22.2. The zero-order valence-corrected chi connectivity index (χ0v) is 16.1. The lowest BCUT2D eigenvalue weighted by molar-refractivity contribution is -0.385. The van der Waals surface area contributed by atoms with Crippen LogP contribution in [-0.4, -0.2) is 32.5 Å². The molecule has 28 heavy (non-hydrogen) atoms. The number of sulfonamides is 1. The van der Waals surface area contributed by atoms with Crippen molar-refractivity contribution in [3.63, 3.8) is 0 Å². The molecule has 2 rings (SSSR count). The quantitative estimate of drug-likeness (QED) is 0.384. The highest BCUT2D eigenvalue weighted by Gasteiger charge is 2.19. The van der Waals surface area contributed by atoms with Gasteiger partial charge in [-0.05, 0) is 43.7 Å². The number of esters is 1. The smallest absolute Gasteiger partial charge is 0.321 e. The van der Waals surface area contributed by atoms with Crippen LogP contribution in [0, 0.1) is 10.1 Å². The van der Waals surface area contributed by atoms with Gasteiger partial charge in [-0.3, -0.25) is 14.9 Å². The molecule has 0 saturated heterocycles. The fraction of sp³-hybridized carbons (Fsp3) is 0.278. The molecule has 0 aliphatic heterocycles. The minimum atomic E-state index is -3.90. The largest absolute Gasteiger partial charge is 0.494 e. The van der Waals surface area contributed by atoms with Crippen LogP contribution in [0.15, 0.2) is 53.4 Å². The number of nitro benzene ring substituents is 1. The number of benzene rings is 2. The number of hydrogen-bond donors (Lipinski definition) is 1. The van der Waals surface area contributed by atoms with Crippen LogP contribution < -0.4 is 9.46 Å². The van der Waals surface area contributed by atoms with E-state index in [-0.39, 0.29) is 10.6 Å². The minimum absolute atomic E-state index is 0.0181. The van der Waals surface area contributed by atoms with Crippen LogP contribution in [0.2, 0.25) is 0 Å². The molecule has 0 aliphatic rings. The molecule has 0 aliphatic carbocycles. The van der Waals surface area contributed by atoms with Crippen molar-refractivity contribution < 1.29 is 27.6 Å². The van der Waals surface area contributed by atoms with Gasteiger partial charge in [-0.1, -0.05) is 12.1 Å². The van der Waals surface area contributed by atoms with E-state index in [4.69, 9.17) is 9.47 Å². The van der Waals surface area contributed by atoms with Gasteiger partial charge < -0.3 is 9.47 Å². The molecule has 0 radical (unpaired) electrons. The van der Waals surface area contributed by atoms with Crippen LogP contribution in [0.25, 0.3) is 0 Å².